The van der Waals surface area contributed by atoms with Crippen LogP contribution in [-0.2, 0) is 4.79 Å². The van der Waals surface area contributed by atoms with Gasteiger partial charge in [-0.15, -0.1) is 0 Å². The average molecular weight is 280 g/mol. The molecule has 2 heterocycles. The van der Waals surface area contributed by atoms with Crippen molar-refractivity contribution in [2.45, 2.75) is 25.8 Å². The highest BCUT2D eigenvalue weighted by Gasteiger charge is 2.29. The highest BCUT2D eigenvalue weighted by Crippen LogP contribution is 2.39. The van der Waals surface area contributed by atoms with E-state index in [1.165, 1.54) is 12.8 Å². The van der Waals surface area contributed by atoms with Gasteiger partial charge in [0.15, 0.2) is 0 Å². The van der Waals surface area contributed by atoms with Gasteiger partial charge in [-0.25, -0.2) is 0 Å². The maximum Gasteiger partial charge on any atom is 0.245 e. The van der Waals surface area contributed by atoms with E-state index < -0.39 is 6.04 Å². The molecule has 1 fully saturated rings. The third-order valence-electron chi connectivity index (χ3n) is 4.12. The molecule has 1 aromatic rings. The van der Waals surface area contributed by atoms with Crippen molar-refractivity contribution in [3.8, 4) is 0 Å². The number of anilines is 2. The molecule has 0 spiro atoms. The fourth-order valence-corrected chi connectivity index (χ4v) is 3.08. The molecule has 3 rings (SSSR count). The molecule has 2 aliphatic rings. The van der Waals surface area contributed by atoms with Gasteiger partial charge in [0, 0.05) is 24.3 Å². The summed E-state index contributed by atoms with van der Waals surface area (Å²) in [5.74, 6) is 0.619. The third-order valence-corrected chi connectivity index (χ3v) is 4.42. The Labute approximate surface area is 117 Å². The molecule has 0 aliphatic carbocycles. The fraction of sp³-hybridized carbons (Fsp3) is 0.500. The van der Waals surface area contributed by atoms with Gasteiger partial charge in [-0.3, -0.25) is 4.79 Å². The molecular weight excluding hydrogens is 262 g/mol. The van der Waals surface area contributed by atoms with Crippen LogP contribution in [0.15, 0.2) is 12.1 Å². The van der Waals surface area contributed by atoms with Crippen molar-refractivity contribution in [2.75, 3.05) is 23.3 Å². The molecule has 1 atom stereocenters. The van der Waals surface area contributed by atoms with E-state index >= 15 is 0 Å². The first-order valence-electron chi connectivity index (χ1n) is 6.71. The van der Waals surface area contributed by atoms with E-state index in [2.05, 4.69) is 17.1 Å². The number of hydrogen-bond donors (Lipinski definition) is 2. The quantitative estimate of drug-likeness (QED) is 0.830. The zero-order chi connectivity index (χ0) is 13.6. The molecule has 1 amide bonds. The van der Waals surface area contributed by atoms with E-state index in [1.807, 2.05) is 12.1 Å². The van der Waals surface area contributed by atoms with Crippen molar-refractivity contribution in [2.24, 2.45) is 11.7 Å². The molecule has 1 saturated heterocycles. The first kappa shape index (κ1) is 12.8. The van der Waals surface area contributed by atoms with E-state index in [0.29, 0.717) is 5.02 Å². The molecule has 0 bridgehead atoms. The highest BCUT2D eigenvalue weighted by molar-refractivity contribution is 6.33. The fourth-order valence-electron chi connectivity index (χ4n) is 2.79. The molecule has 1 aromatic carbocycles. The first-order chi connectivity index (χ1) is 9.06. The van der Waals surface area contributed by atoms with Crippen LogP contribution in [0.3, 0.4) is 0 Å². The second kappa shape index (κ2) is 4.69. The summed E-state index contributed by atoms with van der Waals surface area (Å²) in [6.45, 7) is 4.31. The Bertz CT molecular complexity index is 524. The van der Waals surface area contributed by atoms with Gasteiger partial charge in [0.25, 0.3) is 0 Å². The molecule has 19 heavy (non-hydrogen) atoms. The van der Waals surface area contributed by atoms with Crippen molar-refractivity contribution in [1.82, 2.24) is 0 Å². The molecule has 0 radical (unpaired) electrons. The van der Waals surface area contributed by atoms with Crippen molar-refractivity contribution >= 4 is 28.9 Å². The molecule has 0 saturated carbocycles. The lowest BCUT2D eigenvalue weighted by molar-refractivity contribution is -0.116. The third kappa shape index (κ3) is 2.19. The van der Waals surface area contributed by atoms with E-state index in [-0.39, 0.29) is 5.91 Å². The number of nitrogens with one attached hydrogen (secondary N) is 1. The van der Waals surface area contributed by atoms with E-state index in [9.17, 15) is 4.79 Å². The molecule has 1 unspecified atom stereocenters. The Morgan fingerprint density at radius 2 is 2.05 bits per heavy atom. The number of amides is 1. The number of carbonyl (C=O) groups is 1. The van der Waals surface area contributed by atoms with Gasteiger partial charge in [-0.2, -0.15) is 0 Å². The van der Waals surface area contributed by atoms with Crippen molar-refractivity contribution in [3.63, 3.8) is 0 Å². The molecule has 3 N–H and O–H groups in total. The topological polar surface area (TPSA) is 58.4 Å². The lowest BCUT2D eigenvalue weighted by atomic mass is 9.98. The van der Waals surface area contributed by atoms with Gasteiger partial charge in [0.05, 0.1) is 10.7 Å². The van der Waals surface area contributed by atoms with Crippen LogP contribution < -0.4 is 16.0 Å². The van der Waals surface area contributed by atoms with E-state index in [0.717, 1.165) is 35.9 Å². The second-order valence-electron chi connectivity index (χ2n) is 5.53. The maximum atomic E-state index is 11.6. The van der Waals surface area contributed by atoms with Crippen molar-refractivity contribution in [3.05, 3.63) is 22.7 Å². The summed E-state index contributed by atoms with van der Waals surface area (Å²) in [7, 11) is 0. The smallest absolute Gasteiger partial charge is 0.245 e. The van der Waals surface area contributed by atoms with Crippen LogP contribution in [0, 0.1) is 5.92 Å². The highest BCUT2D eigenvalue weighted by atomic mass is 35.5. The van der Waals surface area contributed by atoms with E-state index in [4.69, 9.17) is 17.3 Å². The summed E-state index contributed by atoms with van der Waals surface area (Å²) >= 11 is 6.35. The molecule has 4 nitrogen and oxygen atoms in total. The minimum absolute atomic E-state index is 0.157. The number of rotatable bonds is 1. The molecule has 0 aromatic heterocycles. The van der Waals surface area contributed by atoms with E-state index in [1.54, 1.807) is 0 Å². The van der Waals surface area contributed by atoms with Crippen molar-refractivity contribution < 1.29 is 4.79 Å². The Morgan fingerprint density at radius 3 is 2.74 bits per heavy atom. The summed E-state index contributed by atoms with van der Waals surface area (Å²) in [6, 6.07) is 3.19. The Balaban J connectivity index is 1.92. The molecular formula is C14H18ClN3O. The average Bonchev–Trinajstić information content (AvgIpc) is 2.66. The van der Waals surface area contributed by atoms with Gasteiger partial charge < -0.3 is 16.0 Å². The van der Waals surface area contributed by atoms with Crippen LogP contribution in [-0.4, -0.2) is 19.0 Å². The Morgan fingerprint density at radius 1 is 1.37 bits per heavy atom. The van der Waals surface area contributed by atoms with Crippen molar-refractivity contribution in [1.29, 1.82) is 0 Å². The summed E-state index contributed by atoms with van der Waals surface area (Å²) in [4.78, 5) is 13.9. The summed E-state index contributed by atoms with van der Waals surface area (Å²) in [5.41, 5.74) is 8.42. The van der Waals surface area contributed by atoms with Crippen LogP contribution >= 0.6 is 11.6 Å². The number of nitrogens with two attached hydrogens (primary N) is 1. The van der Waals surface area contributed by atoms with Gasteiger partial charge in [-0.05, 0) is 30.9 Å². The summed E-state index contributed by atoms with van der Waals surface area (Å²) in [6.07, 6.45) is 2.36. The number of hydrogen-bond acceptors (Lipinski definition) is 3. The second-order valence-corrected chi connectivity index (χ2v) is 5.93. The normalized spacial score (nSPS) is 23.4. The molecule has 2 aliphatic heterocycles. The number of carbonyl (C=O) groups excluding carboxylic acids is 1. The van der Waals surface area contributed by atoms with Crippen LogP contribution in [0.1, 0.15) is 31.4 Å². The minimum atomic E-state index is -0.595. The monoisotopic (exact) mass is 279 g/mol. The van der Waals surface area contributed by atoms with Gasteiger partial charge >= 0.3 is 0 Å². The SMILES string of the molecule is CC1CCN(c2cc3c(cc2Cl)C(N)C(=O)N3)CC1. The lowest BCUT2D eigenvalue weighted by Crippen LogP contribution is -2.33. The lowest BCUT2D eigenvalue weighted by Gasteiger charge is -2.33. The minimum Gasteiger partial charge on any atom is -0.370 e. The van der Waals surface area contributed by atoms with Gasteiger partial charge in [0.2, 0.25) is 5.91 Å². The number of fused-ring (bicyclic) bond motifs is 1. The summed E-state index contributed by atoms with van der Waals surface area (Å²) in [5, 5.41) is 3.49. The van der Waals surface area contributed by atoms with Crippen LogP contribution in [0.25, 0.3) is 0 Å². The van der Waals surface area contributed by atoms with Crippen LogP contribution in [0.5, 0.6) is 0 Å². The predicted molar refractivity (Wildman–Crippen MR) is 77.6 cm³/mol. The molecule has 5 heteroatoms. The Kier molecular flexibility index (Phi) is 3.15. The number of halogens is 1. The zero-order valence-electron chi connectivity index (χ0n) is 10.9. The number of nitrogens with zero attached hydrogens (tertiary/aromatic N) is 1. The zero-order valence-corrected chi connectivity index (χ0v) is 11.7. The van der Waals surface area contributed by atoms with Gasteiger partial charge in [0.1, 0.15) is 6.04 Å². The molecule has 102 valence electrons. The van der Waals surface area contributed by atoms with Crippen LogP contribution in [0.4, 0.5) is 11.4 Å². The van der Waals surface area contributed by atoms with Gasteiger partial charge in [-0.1, -0.05) is 18.5 Å². The largest absolute Gasteiger partial charge is 0.370 e. The number of piperidine rings is 1. The van der Waals surface area contributed by atoms with Crippen LogP contribution in [0.2, 0.25) is 5.02 Å². The first-order valence-corrected chi connectivity index (χ1v) is 7.09. The predicted octanol–water partition coefficient (Wildman–Crippen LogP) is 2.53. The number of benzene rings is 1. The standard InChI is InChI=1S/C14H18ClN3O/c1-8-2-4-18(5-3-8)12-7-11-9(6-10(12)15)13(16)14(19)17-11/h6-8,13H,2-5,16H2,1H3,(H,17,19). The Hall–Kier alpha value is -1.26. The summed E-state index contributed by atoms with van der Waals surface area (Å²) < 4.78 is 0. The maximum absolute atomic E-state index is 11.6.